The summed E-state index contributed by atoms with van der Waals surface area (Å²) < 4.78 is 7.50. The second kappa shape index (κ2) is 5.65. The van der Waals surface area contributed by atoms with Crippen LogP contribution in [0.1, 0.15) is 18.4 Å². The van der Waals surface area contributed by atoms with Crippen LogP contribution in [0, 0.1) is 0 Å². The van der Waals surface area contributed by atoms with E-state index in [9.17, 15) is 0 Å². The zero-order chi connectivity index (χ0) is 13.8. The SMILES string of the molecule is CCc1ccc(CNc2ccc(-n3cccn3)cc2)o1. The van der Waals surface area contributed by atoms with E-state index in [1.165, 1.54) is 0 Å². The molecule has 20 heavy (non-hydrogen) atoms. The van der Waals surface area contributed by atoms with Gasteiger partial charge in [-0.2, -0.15) is 5.10 Å². The molecule has 1 N–H and O–H groups in total. The van der Waals surface area contributed by atoms with Crippen LogP contribution in [0.15, 0.2) is 59.3 Å². The number of rotatable bonds is 5. The normalized spacial score (nSPS) is 10.7. The zero-order valence-corrected chi connectivity index (χ0v) is 11.4. The summed E-state index contributed by atoms with van der Waals surface area (Å²) in [6.07, 6.45) is 4.63. The summed E-state index contributed by atoms with van der Waals surface area (Å²) in [6, 6.07) is 14.1. The van der Waals surface area contributed by atoms with Crippen LogP contribution in [0.2, 0.25) is 0 Å². The number of furan rings is 1. The van der Waals surface area contributed by atoms with E-state index in [0.29, 0.717) is 6.54 Å². The van der Waals surface area contributed by atoms with Gasteiger partial charge in [-0.15, -0.1) is 0 Å². The van der Waals surface area contributed by atoms with Gasteiger partial charge in [-0.05, 0) is 42.5 Å². The standard InChI is InChI=1S/C16H17N3O/c1-2-15-8-9-16(20-15)12-17-13-4-6-14(7-5-13)19-11-3-10-18-19/h3-11,17H,2,12H2,1H3. The number of aromatic nitrogens is 2. The Hall–Kier alpha value is -2.49. The Labute approximate surface area is 118 Å². The van der Waals surface area contributed by atoms with Gasteiger partial charge in [0.15, 0.2) is 0 Å². The number of nitrogens with zero attached hydrogens (tertiary/aromatic N) is 2. The highest BCUT2D eigenvalue weighted by Crippen LogP contribution is 2.15. The maximum Gasteiger partial charge on any atom is 0.123 e. The van der Waals surface area contributed by atoms with Gasteiger partial charge in [-0.3, -0.25) is 0 Å². The molecule has 0 unspecified atom stereocenters. The average Bonchev–Trinajstić information content (AvgIpc) is 3.17. The maximum absolute atomic E-state index is 5.66. The number of hydrogen-bond acceptors (Lipinski definition) is 3. The van der Waals surface area contributed by atoms with E-state index in [0.717, 1.165) is 29.3 Å². The number of anilines is 1. The smallest absolute Gasteiger partial charge is 0.123 e. The van der Waals surface area contributed by atoms with Crippen molar-refractivity contribution >= 4 is 5.69 Å². The molecule has 0 bridgehead atoms. The number of hydrogen-bond donors (Lipinski definition) is 1. The molecule has 0 saturated carbocycles. The number of benzene rings is 1. The van der Waals surface area contributed by atoms with E-state index in [1.54, 1.807) is 6.20 Å². The van der Waals surface area contributed by atoms with Gasteiger partial charge in [-0.25, -0.2) is 4.68 Å². The third-order valence-corrected chi connectivity index (χ3v) is 3.17. The minimum absolute atomic E-state index is 0.696. The first kappa shape index (κ1) is 12.5. The second-order valence-corrected chi connectivity index (χ2v) is 4.57. The Kier molecular flexibility index (Phi) is 3.54. The first-order valence-corrected chi connectivity index (χ1v) is 6.76. The minimum atomic E-state index is 0.696. The van der Waals surface area contributed by atoms with Crippen LogP contribution in [0.4, 0.5) is 5.69 Å². The van der Waals surface area contributed by atoms with E-state index in [4.69, 9.17) is 4.42 Å². The summed E-state index contributed by atoms with van der Waals surface area (Å²) in [4.78, 5) is 0. The molecule has 2 heterocycles. The summed E-state index contributed by atoms with van der Waals surface area (Å²) in [5.74, 6) is 1.98. The van der Waals surface area contributed by atoms with Crippen molar-refractivity contribution in [2.75, 3.05) is 5.32 Å². The molecule has 0 aliphatic rings. The molecule has 3 rings (SSSR count). The monoisotopic (exact) mass is 267 g/mol. The molecule has 0 amide bonds. The lowest BCUT2D eigenvalue weighted by Gasteiger charge is -2.06. The van der Waals surface area contributed by atoms with Crippen LogP contribution >= 0.6 is 0 Å². The van der Waals surface area contributed by atoms with Crippen molar-refractivity contribution in [1.82, 2.24) is 9.78 Å². The van der Waals surface area contributed by atoms with E-state index < -0.39 is 0 Å². The minimum Gasteiger partial charge on any atom is -0.464 e. The highest BCUT2D eigenvalue weighted by Gasteiger charge is 2.01. The second-order valence-electron chi connectivity index (χ2n) is 4.57. The fourth-order valence-corrected chi connectivity index (χ4v) is 2.05. The lowest BCUT2D eigenvalue weighted by atomic mass is 10.2. The van der Waals surface area contributed by atoms with Gasteiger partial charge >= 0.3 is 0 Å². The van der Waals surface area contributed by atoms with Crippen LogP contribution in [0.3, 0.4) is 0 Å². The summed E-state index contributed by atoms with van der Waals surface area (Å²) in [7, 11) is 0. The van der Waals surface area contributed by atoms with Gasteiger partial charge in [0.05, 0.1) is 12.2 Å². The molecule has 0 aliphatic carbocycles. The summed E-state index contributed by atoms with van der Waals surface area (Å²) in [5, 5.41) is 7.55. The predicted molar refractivity (Wildman–Crippen MR) is 79.0 cm³/mol. The third kappa shape index (κ3) is 2.74. The molecule has 1 aromatic carbocycles. The van der Waals surface area contributed by atoms with Crippen molar-refractivity contribution in [3.05, 3.63) is 66.4 Å². The van der Waals surface area contributed by atoms with Crippen molar-refractivity contribution in [2.45, 2.75) is 19.9 Å². The summed E-state index contributed by atoms with van der Waals surface area (Å²) in [5.41, 5.74) is 2.11. The molecule has 4 nitrogen and oxygen atoms in total. The Morgan fingerprint density at radius 3 is 2.55 bits per heavy atom. The molecular formula is C16H17N3O. The molecule has 2 aromatic heterocycles. The molecular weight excluding hydrogens is 250 g/mol. The Morgan fingerprint density at radius 2 is 1.90 bits per heavy atom. The summed E-state index contributed by atoms with van der Waals surface area (Å²) in [6.45, 7) is 2.78. The van der Waals surface area contributed by atoms with Gasteiger partial charge < -0.3 is 9.73 Å². The average molecular weight is 267 g/mol. The molecule has 0 radical (unpaired) electrons. The van der Waals surface area contributed by atoms with E-state index in [1.807, 2.05) is 53.3 Å². The van der Waals surface area contributed by atoms with E-state index >= 15 is 0 Å². The van der Waals surface area contributed by atoms with E-state index in [-0.39, 0.29) is 0 Å². The molecule has 0 fully saturated rings. The van der Waals surface area contributed by atoms with Crippen LogP contribution in [0.5, 0.6) is 0 Å². The predicted octanol–water partition coefficient (Wildman–Crippen LogP) is 3.64. The highest BCUT2D eigenvalue weighted by atomic mass is 16.3. The first-order valence-electron chi connectivity index (χ1n) is 6.76. The Bertz CT molecular complexity index is 653. The lowest BCUT2D eigenvalue weighted by Crippen LogP contribution is -1.99. The molecule has 102 valence electrons. The van der Waals surface area contributed by atoms with Crippen LogP contribution in [0.25, 0.3) is 5.69 Å². The fourth-order valence-electron chi connectivity index (χ4n) is 2.05. The van der Waals surface area contributed by atoms with E-state index in [2.05, 4.69) is 17.3 Å². The fraction of sp³-hybridized carbons (Fsp3) is 0.188. The highest BCUT2D eigenvalue weighted by molar-refractivity contribution is 5.48. The topological polar surface area (TPSA) is 43.0 Å². The number of nitrogens with one attached hydrogen (secondary N) is 1. The zero-order valence-electron chi connectivity index (χ0n) is 11.4. The van der Waals surface area contributed by atoms with Crippen molar-refractivity contribution in [1.29, 1.82) is 0 Å². The Morgan fingerprint density at radius 1 is 1.10 bits per heavy atom. The van der Waals surface area contributed by atoms with Gasteiger partial charge in [0.1, 0.15) is 11.5 Å². The van der Waals surface area contributed by atoms with Crippen molar-refractivity contribution in [3.8, 4) is 5.69 Å². The van der Waals surface area contributed by atoms with Crippen LogP contribution in [-0.2, 0) is 13.0 Å². The molecule has 0 aliphatic heterocycles. The molecule has 3 aromatic rings. The largest absolute Gasteiger partial charge is 0.464 e. The first-order chi connectivity index (χ1) is 9.85. The molecule has 0 spiro atoms. The van der Waals surface area contributed by atoms with Crippen molar-refractivity contribution in [2.24, 2.45) is 0 Å². The van der Waals surface area contributed by atoms with Crippen molar-refractivity contribution < 1.29 is 4.42 Å². The van der Waals surface area contributed by atoms with Crippen LogP contribution < -0.4 is 5.32 Å². The van der Waals surface area contributed by atoms with Gasteiger partial charge in [0.2, 0.25) is 0 Å². The molecule has 0 saturated heterocycles. The lowest BCUT2D eigenvalue weighted by molar-refractivity contribution is 0.476. The summed E-state index contributed by atoms with van der Waals surface area (Å²) >= 11 is 0. The van der Waals surface area contributed by atoms with Crippen LogP contribution in [-0.4, -0.2) is 9.78 Å². The molecule has 0 atom stereocenters. The molecule has 4 heteroatoms. The number of aryl methyl sites for hydroxylation is 1. The van der Waals surface area contributed by atoms with Gasteiger partial charge in [0, 0.05) is 24.5 Å². The van der Waals surface area contributed by atoms with Gasteiger partial charge in [0.25, 0.3) is 0 Å². The maximum atomic E-state index is 5.66. The third-order valence-electron chi connectivity index (χ3n) is 3.17. The quantitative estimate of drug-likeness (QED) is 0.767. The Balaban J connectivity index is 1.63. The van der Waals surface area contributed by atoms with Crippen molar-refractivity contribution in [3.63, 3.8) is 0 Å². The van der Waals surface area contributed by atoms with Gasteiger partial charge in [-0.1, -0.05) is 6.92 Å².